The molecule has 0 aromatic heterocycles. The lowest BCUT2D eigenvalue weighted by Crippen LogP contribution is -2.55. The van der Waals surface area contributed by atoms with Crippen LogP contribution in [-0.2, 0) is 0 Å². The van der Waals surface area contributed by atoms with Gasteiger partial charge in [0.1, 0.15) is 0 Å². The van der Waals surface area contributed by atoms with Crippen molar-refractivity contribution in [2.45, 2.75) is 51.2 Å². The molecule has 0 radical (unpaired) electrons. The molecule has 0 saturated carbocycles. The second kappa shape index (κ2) is 6.07. The van der Waals surface area contributed by atoms with Crippen molar-refractivity contribution in [1.29, 1.82) is 0 Å². The first-order valence-corrected chi connectivity index (χ1v) is 8.40. The summed E-state index contributed by atoms with van der Waals surface area (Å²) in [7, 11) is 0. The highest BCUT2D eigenvalue weighted by Crippen LogP contribution is 2.38. The third kappa shape index (κ3) is 2.87. The average molecular weight is 287 g/mol. The van der Waals surface area contributed by atoms with E-state index in [-0.39, 0.29) is 6.04 Å². The van der Waals surface area contributed by atoms with Crippen LogP contribution in [0.1, 0.15) is 50.3 Å². The first-order chi connectivity index (χ1) is 10.1. The van der Waals surface area contributed by atoms with Gasteiger partial charge in [-0.15, -0.1) is 0 Å². The molecule has 1 heterocycles. The van der Waals surface area contributed by atoms with Crippen molar-refractivity contribution < 1.29 is 0 Å². The van der Waals surface area contributed by atoms with E-state index in [0.29, 0.717) is 18.0 Å². The second-order valence-electron chi connectivity index (χ2n) is 7.02. The summed E-state index contributed by atoms with van der Waals surface area (Å²) in [6, 6.07) is 10.1. The van der Waals surface area contributed by atoms with Gasteiger partial charge in [-0.1, -0.05) is 31.2 Å². The number of hydrogen-bond acceptors (Lipinski definition) is 3. The van der Waals surface area contributed by atoms with Gasteiger partial charge in [-0.3, -0.25) is 9.80 Å². The van der Waals surface area contributed by atoms with E-state index in [0.717, 1.165) is 13.1 Å². The molecule has 1 saturated heterocycles. The van der Waals surface area contributed by atoms with Crippen LogP contribution in [0.4, 0.5) is 0 Å². The largest absolute Gasteiger partial charge is 0.323 e. The van der Waals surface area contributed by atoms with E-state index in [1.54, 1.807) is 0 Å². The minimum atomic E-state index is 0.169. The summed E-state index contributed by atoms with van der Waals surface area (Å²) < 4.78 is 0. The second-order valence-corrected chi connectivity index (χ2v) is 7.02. The molecule has 1 aromatic carbocycles. The van der Waals surface area contributed by atoms with E-state index < -0.39 is 0 Å². The van der Waals surface area contributed by atoms with E-state index in [4.69, 9.17) is 5.73 Å². The molecule has 1 aromatic rings. The Kier molecular flexibility index (Phi) is 4.34. The molecular formula is C18H29N3. The highest BCUT2D eigenvalue weighted by molar-refractivity contribution is 5.36. The van der Waals surface area contributed by atoms with Gasteiger partial charge in [0, 0.05) is 44.3 Å². The van der Waals surface area contributed by atoms with E-state index in [2.05, 4.69) is 54.8 Å². The minimum Gasteiger partial charge on any atom is -0.323 e. The molecule has 1 aliphatic heterocycles. The topological polar surface area (TPSA) is 32.5 Å². The molecule has 3 unspecified atom stereocenters. The molecule has 2 aliphatic rings. The molecule has 0 amide bonds. The van der Waals surface area contributed by atoms with Crippen LogP contribution in [0.5, 0.6) is 0 Å². The Morgan fingerprint density at radius 2 is 1.67 bits per heavy atom. The Hall–Kier alpha value is -0.900. The van der Waals surface area contributed by atoms with Crippen LogP contribution >= 0.6 is 0 Å². The van der Waals surface area contributed by atoms with Crippen LogP contribution in [-0.4, -0.2) is 48.1 Å². The van der Waals surface area contributed by atoms with Gasteiger partial charge in [-0.05, 0) is 37.3 Å². The maximum atomic E-state index is 6.62. The molecule has 3 heteroatoms. The zero-order chi connectivity index (χ0) is 15.0. The van der Waals surface area contributed by atoms with Gasteiger partial charge in [-0.2, -0.15) is 0 Å². The van der Waals surface area contributed by atoms with Crippen molar-refractivity contribution in [3.05, 3.63) is 35.4 Å². The van der Waals surface area contributed by atoms with E-state index in [1.165, 1.54) is 30.6 Å². The Morgan fingerprint density at radius 3 is 2.29 bits per heavy atom. The Bertz CT molecular complexity index is 477. The number of fused-ring (bicyclic) bond motifs is 1. The van der Waals surface area contributed by atoms with Crippen LogP contribution < -0.4 is 5.73 Å². The molecule has 116 valence electrons. The predicted molar refractivity (Wildman–Crippen MR) is 88.5 cm³/mol. The van der Waals surface area contributed by atoms with Crippen LogP contribution in [0, 0.1) is 0 Å². The van der Waals surface area contributed by atoms with Crippen LogP contribution in [0.2, 0.25) is 0 Å². The highest BCUT2D eigenvalue weighted by atomic mass is 15.3. The lowest BCUT2D eigenvalue weighted by molar-refractivity contribution is 0.0599. The summed E-state index contributed by atoms with van der Waals surface area (Å²) >= 11 is 0. The van der Waals surface area contributed by atoms with E-state index >= 15 is 0 Å². The molecular weight excluding hydrogens is 258 g/mol. The number of piperazine rings is 1. The van der Waals surface area contributed by atoms with Gasteiger partial charge >= 0.3 is 0 Å². The van der Waals surface area contributed by atoms with Crippen molar-refractivity contribution in [1.82, 2.24) is 9.80 Å². The van der Waals surface area contributed by atoms with Crippen LogP contribution in [0.15, 0.2) is 24.3 Å². The monoisotopic (exact) mass is 287 g/mol. The summed E-state index contributed by atoms with van der Waals surface area (Å²) in [4.78, 5) is 5.21. The Labute approximate surface area is 129 Å². The summed E-state index contributed by atoms with van der Waals surface area (Å²) in [5.41, 5.74) is 9.45. The smallest absolute Gasteiger partial charge is 0.0456 e. The highest BCUT2D eigenvalue weighted by Gasteiger charge is 2.35. The van der Waals surface area contributed by atoms with Crippen molar-refractivity contribution >= 4 is 0 Å². The number of hydrogen-bond donors (Lipinski definition) is 1. The summed E-state index contributed by atoms with van der Waals surface area (Å²) in [5, 5.41) is 0. The van der Waals surface area contributed by atoms with Gasteiger partial charge in [0.15, 0.2) is 0 Å². The van der Waals surface area contributed by atoms with Gasteiger partial charge < -0.3 is 5.73 Å². The molecule has 1 fully saturated rings. The van der Waals surface area contributed by atoms with Gasteiger partial charge in [-0.25, -0.2) is 0 Å². The maximum absolute atomic E-state index is 6.62. The SMILES string of the molecule is CC1CC(N2CCN(C(C)C)CC2)C(N)c2ccccc21. The van der Waals surface area contributed by atoms with Crippen molar-refractivity contribution in [3.8, 4) is 0 Å². The molecule has 3 nitrogen and oxygen atoms in total. The first-order valence-electron chi connectivity index (χ1n) is 8.40. The number of nitrogens with two attached hydrogens (primary N) is 1. The fourth-order valence-corrected chi connectivity index (χ4v) is 4.07. The van der Waals surface area contributed by atoms with Crippen molar-refractivity contribution in [3.63, 3.8) is 0 Å². The predicted octanol–water partition coefficient (Wildman–Crippen LogP) is 2.59. The lowest BCUT2D eigenvalue weighted by Gasteiger charge is -2.46. The molecule has 0 bridgehead atoms. The lowest BCUT2D eigenvalue weighted by atomic mass is 9.77. The Morgan fingerprint density at radius 1 is 1.05 bits per heavy atom. The zero-order valence-electron chi connectivity index (χ0n) is 13.6. The maximum Gasteiger partial charge on any atom is 0.0456 e. The van der Waals surface area contributed by atoms with Gasteiger partial charge in [0.05, 0.1) is 0 Å². The first kappa shape index (κ1) is 15.0. The standard InChI is InChI=1S/C18H29N3/c1-13(2)20-8-10-21(11-9-20)17-12-14(3)15-6-4-5-7-16(15)18(17)19/h4-7,13-14,17-18H,8-12,19H2,1-3H3. The van der Waals surface area contributed by atoms with Crippen LogP contribution in [0.3, 0.4) is 0 Å². The average Bonchev–Trinajstić information content (AvgIpc) is 2.51. The molecule has 3 rings (SSSR count). The van der Waals surface area contributed by atoms with Crippen LogP contribution in [0.25, 0.3) is 0 Å². The van der Waals surface area contributed by atoms with Crippen molar-refractivity contribution in [2.24, 2.45) is 5.73 Å². The minimum absolute atomic E-state index is 0.169. The molecule has 3 atom stereocenters. The van der Waals surface area contributed by atoms with Crippen molar-refractivity contribution in [2.75, 3.05) is 26.2 Å². The third-order valence-corrected chi connectivity index (χ3v) is 5.44. The summed E-state index contributed by atoms with van der Waals surface area (Å²) in [6.45, 7) is 11.6. The van der Waals surface area contributed by atoms with E-state index in [1.807, 2.05) is 0 Å². The molecule has 21 heavy (non-hydrogen) atoms. The fraction of sp³-hybridized carbons (Fsp3) is 0.667. The number of benzene rings is 1. The summed E-state index contributed by atoms with van der Waals surface area (Å²) in [6.07, 6.45) is 1.19. The normalized spacial score (nSPS) is 31.4. The third-order valence-electron chi connectivity index (χ3n) is 5.44. The molecule has 2 N–H and O–H groups in total. The molecule has 1 aliphatic carbocycles. The quantitative estimate of drug-likeness (QED) is 0.907. The van der Waals surface area contributed by atoms with E-state index in [9.17, 15) is 0 Å². The number of nitrogens with zero attached hydrogens (tertiary/aromatic N) is 2. The summed E-state index contributed by atoms with van der Waals surface area (Å²) in [5.74, 6) is 0.620. The van der Waals surface area contributed by atoms with Gasteiger partial charge in [0.25, 0.3) is 0 Å². The fourth-order valence-electron chi connectivity index (χ4n) is 4.07. The number of rotatable bonds is 2. The zero-order valence-corrected chi connectivity index (χ0v) is 13.6. The van der Waals surface area contributed by atoms with Gasteiger partial charge in [0.2, 0.25) is 0 Å². The Balaban J connectivity index is 1.73. The molecule has 0 spiro atoms.